The van der Waals surface area contributed by atoms with Gasteiger partial charge in [-0.05, 0) is 43.5 Å². The van der Waals surface area contributed by atoms with Gasteiger partial charge in [0.15, 0.2) is 0 Å². The molecule has 0 bridgehead atoms. The van der Waals surface area contributed by atoms with Crippen LogP contribution in [-0.2, 0) is 16.4 Å². The van der Waals surface area contributed by atoms with Crippen LogP contribution in [0.3, 0.4) is 0 Å². The fourth-order valence-electron chi connectivity index (χ4n) is 2.25. The van der Waals surface area contributed by atoms with Crippen LogP contribution in [0.25, 0.3) is 0 Å². The summed E-state index contributed by atoms with van der Waals surface area (Å²) in [6.07, 6.45) is 3.85. The zero-order valence-corrected chi connectivity index (χ0v) is 13.2. The maximum atomic E-state index is 12.5. The number of sulfonamides is 1. The van der Waals surface area contributed by atoms with Crippen LogP contribution in [-0.4, -0.2) is 24.9 Å². The van der Waals surface area contributed by atoms with E-state index in [9.17, 15) is 8.42 Å². The second-order valence-corrected chi connectivity index (χ2v) is 6.75. The van der Waals surface area contributed by atoms with Gasteiger partial charge < -0.3 is 10.7 Å². The first kappa shape index (κ1) is 15.5. The number of nitrogens with one attached hydrogen (secondary N) is 2. The molecule has 0 atom stereocenters. The van der Waals surface area contributed by atoms with Crippen LogP contribution in [0.5, 0.6) is 0 Å². The number of nitrogen functional groups attached to an aromatic ring is 1. The molecule has 0 spiro atoms. The maximum absolute atomic E-state index is 12.5. The molecule has 0 amide bonds. The average molecular weight is 308 g/mol. The van der Waals surface area contributed by atoms with Gasteiger partial charge in [0.25, 0.3) is 0 Å². The molecule has 0 saturated carbocycles. The van der Waals surface area contributed by atoms with Gasteiger partial charge >= 0.3 is 0 Å². The average Bonchev–Trinajstić information content (AvgIpc) is 2.89. The Kier molecular flexibility index (Phi) is 4.34. The lowest BCUT2D eigenvalue weighted by Crippen LogP contribution is -2.28. The molecule has 114 valence electrons. The summed E-state index contributed by atoms with van der Waals surface area (Å²) in [6.45, 7) is 5.65. The van der Waals surface area contributed by atoms with Crippen LogP contribution in [0.1, 0.15) is 22.5 Å². The van der Waals surface area contributed by atoms with Gasteiger partial charge in [-0.1, -0.05) is 0 Å². The lowest BCUT2D eigenvalue weighted by atomic mass is 10.1. The zero-order valence-electron chi connectivity index (χ0n) is 12.4. The lowest BCUT2D eigenvalue weighted by Gasteiger charge is -2.15. The first-order chi connectivity index (χ1) is 9.83. The Balaban J connectivity index is 2.23. The summed E-state index contributed by atoms with van der Waals surface area (Å²) >= 11 is 0. The van der Waals surface area contributed by atoms with Crippen molar-refractivity contribution in [3.63, 3.8) is 0 Å². The number of benzene rings is 1. The minimum atomic E-state index is -3.59. The molecule has 0 unspecified atom stereocenters. The number of aromatic amines is 1. The molecular formula is C14H20N4O2S. The molecule has 2 rings (SSSR count). The zero-order chi connectivity index (χ0) is 15.6. The molecule has 1 aromatic carbocycles. The number of hydrogen-bond acceptors (Lipinski definition) is 4. The first-order valence-corrected chi connectivity index (χ1v) is 8.15. The van der Waals surface area contributed by atoms with Crippen LogP contribution in [0.15, 0.2) is 23.4 Å². The van der Waals surface area contributed by atoms with Gasteiger partial charge in [-0.3, -0.25) is 0 Å². The molecule has 6 nitrogen and oxygen atoms in total. The van der Waals surface area contributed by atoms with E-state index in [2.05, 4.69) is 14.7 Å². The summed E-state index contributed by atoms with van der Waals surface area (Å²) in [7, 11) is -3.59. The van der Waals surface area contributed by atoms with Gasteiger partial charge in [0.05, 0.1) is 4.90 Å². The number of nitrogens with two attached hydrogens (primary N) is 1. The number of anilines is 1. The van der Waals surface area contributed by atoms with Crippen molar-refractivity contribution < 1.29 is 8.42 Å². The minimum Gasteiger partial charge on any atom is -0.398 e. The third kappa shape index (κ3) is 3.25. The fourth-order valence-corrected chi connectivity index (χ4v) is 3.86. The predicted octanol–water partition coefficient (Wildman–Crippen LogP) is 1.44. The van der Waals surface area contributed by atoms with E-state index in [1.165, 1.54) is 0 Å². The lowest BCUT2D eigenvalue weighted by molar-refractivity contribution is 0.579. The minimum absolute atomic E-state index is 0.277. The van der Waals surface area contributed by atoms with Gasteiger partial charge in [0, 0.05) is 31.0 Å². The van der Waals surface area contributed by atoms with Crippen molar-refractivity contribution in [3.8, 4) is 0 Å². The SMILES string of the molecule is Cc1cc(N)c(C)c(S(=O)(=O)NCCc2ncc[nH]2)c1C. The molecule has 21 heavy (non-hydrogen) atoms. The van der Waals surface area contributed by atoms with E-state index < -0.39 is 10.0 Å². The predicted molar refractivity (Wildman–Crippen MR) is 82.5 cm³/mol. The molecule has 1 aromatic heterocycles. The van der Waals surface area contributed by atoms with E-state index in [0.29, 0.717) is 17.7 Å². The Morgan fingerprint density at radius 1 is 1.29 bits per heavy atom. The number of H-pyrrole nitrogens is 1. The highest BCUT2D eigenvalue weighted by Crippen LogP contribution is 2.27. The molecule has 4 N–H and O–H groups in total. The molecule has 0 fully saturated rings. The van der Waals surface area contributed by atoms with Crippen molar-refractivity contribution in [2.24, 2.45) is 0 Å². The quantitative estimate of drug-likeness (QED) is 0.727. The van der Waals surface area contributed by atoms with Gasteiger partial charge in [0.1, 0.15) is 5.82 Å². The second kappa shape index (κ2) is 5.87. The maximum Gasteiger partial charge on any atom is 0.241 e. The summed E-state index contributed by atoms with van der Waals surface area (Å²) in [6, 6.07) is 1.80. The van der Waals surface area contributed by atoms with Gasteiger partial charge in [-0.15, -0.1) is 0 Å². The Bertz CT molecular complexity index is 711. The molecule has 1 heterocycles. The van der Waals surface area contributed by atoms with Crippen LogP contribution in [0.2, 0.25) is 0 Å². The molecule has 0 aliphatic carbocycles. The van der Waals surface area contributed by atoms with Crippen molar-refractivity contribution in [1.82, 2.24) is 14.7 Å². The Labute approximate surface area is 124 Å². The van der Waals surface area contributed by atoms with Crippen LogP contribution >= 0.6 is 0 Å². The summed E-state index contributed by atoms with van der Waals surface area (Å²) in [4.78, 5) is 7.28. The Hall–Kier alpha value is -1.86. The van der Waals surface area contributed by atoms with E-state index in [4.69, 9.17) is 5.73 Å². The highest BCUT2D eigenvalue weighted by molar-refractivity contribution is 7.89. The molecular weight excluding hydrogens is 288 g/mol. The number of aromatic nitrogens is 2. The van der Waals surface area contributed by atoms with Crippen molar-refractivity contribution in [2.45, 2.75) is 32.1 Å². The van der Waals surface area contributed by atoms with Crippen LogP contribution in [0, 0.1) is 20.8 Å². The third-order valence-corrected chi connectivity index (χ3v) is 5.29. The largest absolute Gasteiger partial charge is 0.398 e. The smallest absolute Gasteiger partial charge is 0.241 e. The summed E-state index contributed by atoms with van der Waals surface area (Å²) in [5.41, 5.74) is 8.56. The molecule has 7 heteroatoms. The Morgan fingerprint density at radius 2 is 2.00 bits per heavy atom. The van der Waals surface area contributed by atoms with E-state index in [1.54, 1.807) is 32.3 Å². The highest BCUT2D eigenvalue weighted by Gasteiger charge is 2.21. The topological polar surface area (TPSA) is 101 Å². The summed E-state index contributed by atoms with van der Waals surface area (Å²) < 4.78 is 27.6. The molecule has 0 saturated heterocycles. The highest BCUT2D eigenvalue weighted by atomic mass is 32.2. The van der Waals surface area contributed by atoms with Crippen molar-refractivity contribution >= 4 is 15.7 Å². The van der Waals surface area contributed by atoms with E-state index >= 15 is 0 Å². The van der Waals surface area contributed by atoms with E-state index in [-0.39, 0.29) is 11.4 Å². The monoisotopic (exact) mass is 308 g/mol. The van der Waals surface area contributed by atoms with Gasteiger partial charge in [0.2, 0.25) is 10.0 Å². The number of nitrogens with zero attached hydrogens (tertiary/aromatic N) is 1. The van der Waals surface area contributed by atoms with Gasteiger partial charge in [-0.25, -0.2) is 18.1 Å². The fraction of sp³-hybridized carbons (Fsp3) is 0.357. The summed E-state index contributed by atoms with van der Waals surface area (Å²) in [5.74, 6) is 0.745. The molecule has 0 radical (unpaired) electrons. The third-order valence-electron chi connectivity index (χ3n) is 3.56. The first-order valence-electron chi connectivity index (χ1n) is 6.67. The second-order valence-electron chi connectivity index (χ2n) is 5.05. The molecule has 0 aliphatic heterocycles. The van der Waals surface area contributed by atoms with Crippen molar-refractivity contribution in [1.29, 1.82) is 0 Å². The number of hydrogen-bond donors (Lipinski definition) is 3. The standard InChI is InChI=1S/C14H20N4O2S/c1-9-8-12(15)11(3)14(10(9)2)21(19,20)18-5-4-13-16-6-7-17-13/h6-8,18H,4-5,15H2,1-3H3,(H,16,17). The van der Waals surface area contributed by atoms with Crippen molar-refractivity contribution in [2.75, 3.05) is 12.3 Å². The number of rotatable bonds is 5. The van der Waals surface area contributed by atoms with E-state index in [1.807, 2.05) is 6.92 Å². The van der Waals surface area contributed by atoms with Crippen LogP contribution in [0.4, 0.5) is 5.69 Å². The van der Waals surface area contributed by atoms with Crippen molar-refractivity contribution in [3.05, 3.63) is 41.0 Å². The number of imidazole rings is 1. The number of aryl methyl sites for hydroxylation is 1. The Morgan fingerprint density at radius 3 is 2.62 bits per heavy atom. The normalized spacial score (nSPS) is 11.8. The molecule has 2 aromatic rings. The molecule has 0 aliphatic rings. The summed E-state index contributed by atoms with van der Waals surface area (Å²) in [5, 5.41) is 0. The van der Waals surface area contributed by atoms with Crippen LogP contribution < -0.4 is 10.5 Å². The van der Waals surface area contributed by atoms with Gasteiger partial charge in [-0.2, -0.15) is 0 Å². The van der Waals surface area contributed by atoms with E-state index in [0.717, 1.165) is 17.0 Å².